The van der Waals surface area contributed by atoms with Crippen LogP contribution in [0.1, 0.15) is 29.7 Å². The number of hydrogen-bond acceptors (Lipinski definition) is 4. The lowest BCUT2D eigenvalue weighted by Gasteiger charge is -2.12. The van der Waals surface area contributed by atoms with Gasteiger partial charge in [-0.05, 0) is 30.3 Å². The Morgan fingerprint density at radius 1 is 1.15 bits per heavy atom. The maximum atomic E-state index is 12.2. The number of nitrogens with one attached hydrogen (secondary N) is 1. The molecule has 132 valence electrons. The summed E-state index contributed by atoms with van der Waals surface area (Å²) in [5.41, 5.74) is 1.63. The Morgan fingerprint density at radius 3 is 2.42 bits per heavy atom. The molecule has 1 atom stereocenters. The molecule has 1 aromatic heterocycles. The van der Waals surface area contributed by atoms with Gasteiger partial charge in [0.15, 0.2) is 4.77 Å². The summed E-state index contributed by atoms with van der Waals surface area (Å²) in [5.74, 6) is -0.188. The Hall–Kier alpha value is -2.99. The fourth-order valence-electron chi connectivity index (χ4n) is 2.61. The van der Waals surface area contributed by atoms with Crippen LogP contribution in [0.2, 0.25) is 0 Å². The normalized spacial score (nSPS) is 12.3. The summed E-state index contributed by atoms with van der Waals surface area (Å²) in [5, 5.41) is 10.6. The third kappa shape index (κ3) is 3.97. The van der Waals surface area contributed by atoms with Crippen LogP contribution >= 0.6 is 12.2 Å². The highest BCUT2D eigenvalue weighted by atomic mass is 32.1. The highest BCUT2D eigenvalue weighted by Gasteiger charge is 2.12. The molecule has 0 saturated heterocycles. The summed E-state index contributed by atoms with van der Waals surface area (Å²) in [6.45, 7) is 2.29. The number of aromatic amines is 1. The van der Waals surface area contributed by atoms with Crippen LogP contribution in [0, 0.1) is 4.77 Å². The molecule has 0 unspecified atom stereocenters. The third-order valence-corrected chi connectivity index (χ3v) is 4.42. The van der Waals surface area contributed by atoms with Crippen LogP contribution < -0.4 is 5.56 Å². The molecule has 2 N–H and O–H groups in total. The van der Waals surface area contributed by atoms with Crippen LogP contribution in [-0.4, -0.2) is 20.9 Å². The highest BCUT2D eigenvalue weighted by molar-refractivity contribution is 7.71. The van der Waals surface area contributed by atoms with Crippen molar-refractivity contribution in [3.8, 4) is 5.88 Å². The van der Waals surface area contributed by atoms with Crippen molar-refractivity contribution in [1.82, 2.24) is 9.55 Å². The van der Waals surface area contributed by atoms with Crippen LogP contribution in [0.25, 0.3) is 0 Å². The average Bonchev–Trinajstić information content (AvgIpc) is 2.66. The van der Waals surface area contributed by atoms with Crippen LogP contribution in [0.5, 0.6) is 5.88 Å². The zero-order valence-electron chi connectivity index (χ0n) is 14.3. The van der Waals surface area contributed by atoms with Crippen LogP contribution in [0.15, 0.2) is 70.5 Å². The molecule has 1 heterocycles. The zero-order chi connectivity index (χ0) is 18.5. The first kappa shape index (κ1) is 17.8. The van der Waals surface area contributed by atoms with Crippen LogP contribution in [-0.2, 0) is 6.54 Å². The Bertz CT molecular complexity index is 1020. The molecule has 0 aliphatic rings. The van der Waals surface area contributed by atoms with Crippen molar-refractivity contribution in [2.45, 2.75) is 19.5 Å². The monoisotopic (exact) mass is 365 g/mol. The van der Waals surface area contributed by atoms with E-state index in [-0.39, 0.29) is 22.3 Å². The number of H-pyrrole nitrogens is 1. The molecule has 0 fully saturated rings. The Balaban J connectivity index is 1.95. The van der Waals surface area contributed by atoms with E-state index in [2.05, 4.69) is 9.98 Å². The second-order valence-electron chi connectivity index (χ2n) is 5.93. The van der Waals surface area contributed by atoms with Crippen molar-refractivity contribution in [2.75, 3.05) is 0 Å². The molecular formula is C20H19N3O2S. The molecule has 3 aromatic rings. The second kappa shape index (κ2) is 7.93. The van der Waals surface area contributed by atoms with Gasteiger partial charge in [-0.1, -0.05) is 60.7 Å². The van der Waals surface area contributed by atoms with E-state index in [0.717, 1.165) is 11.1 Å². The van der Waals surface area contributed by atoms with Crippen molar-refractivity contribution in [3.05, 3.63) is 92.5 Å². The first-order chi connectivity index (χ1) is 12.6. The third-order valence-electron chi connectivity index (χ3n) is 4.10. The minimum absolute atomic E-state index is 0.0947. The fraction of sp³-hybridized carbons (Fsp3) is 0.150. The molecule has 2 aromatic carbocycles. The van der Waals surface area contributed by atoms with Gasteiger partial charge in [-0.25, -0.2) is 0 Å². The number of aromatic hydroxyl groups is 1. The number of hydrogen-bond donors (Lipinski definition) is 2. The molecule has 3 rings (SSSR count). The number of aliphatic imine (C=N–C) groups is 1. The van der Waals surface area contributed by atoms with E-state index in [1.165, 1.54) is 10.8 Å². The molecule has 5 nitrogen and oxygen atoms in total. The number of benzene rings is 2. The molecule has 0 bridgehead atoms. The molecule has 26 heavy (non-hydrogen) atoms. The van der Waals surface area contributed by atoms with E-state index in [1.54, 1.807) is 0 Å². The Labute approximate surface area is 156 Å². The van der Waals surface area contributed by atoms with E-state index in [9.17, 15) is 9.90 Å². The number of rotatable bonds is 5. The van der Waals surface area contributed by atoms with E-state index in [1.807, 2.05) is 67.6 Å². The quantitative estimate of drug-likeness (QED) is 0.533. The maximum Gasteiger partial charge on any atom is 0.264 e. The number of aromatic nitrogens is 2. The molecule has 0 radical (unpaired) electrons. The summed E-state index contributed by atoms with van der Waals surface area (Å²) >= 11 is 5.20. The minimum Gasteiger partial charge on any atom is -0.494 e. The largest absolute Gasteiger partial charge is 0.494 e. The van der Waals surface area contributed by atoms with Crippen molar-refractivity contribution in [2.24, 2.45) is 4.99 Å². The average molecular weight is 365 g/mol. The van der Waals surface area contributed by atoms with Gasteiger partial charge in [-0.15, -0.1) is 0 Å². The molecule has 0 spiro atoms. The minimum atomic E-state index is -0.458. The predicted octanol–water partition coefficient (Wildman–Crippen LogP) is 3.84. The number of nitrogens with zero attached hydrogens (tertiary/aromatic N) is 2. The molecule has 0 saturated carbocycles. The zero-order valence-corrected chi connectivity index (χ0v) is 15.1. The van der Waals surface area contributed by atoms with Crippen molar-refractivity contribution >= 4 is 18.4 Å². The maximum absolute atomic E-state index is 12.2. The van der Waals surface area contributed by atoms with Gasteiger partial charge in [0.2, 0.25) is 5.88 Å². The molecule has 0 aliphatic carbocycles. The van der Waals surface area contributed by atoms with Crippen molar-refractivity contribution in [1.29, 1.82) is 0 Å². The summed E-state index contributed by atoms with van der Waals surface area (Å²) in [7, 11) is 0. The van der Waals surface area contributed by atoms with Gasteiger partial charge in [0.25, 0.3) is 5.56 Å². The van der Waals surface area contributed by atoms with Crippen molar-refractivity contribution < 1.29 is 5.11 Å². The Kier molecular flexibility index (Phi) is 5.43. The summed E-state index contributed by atoms with van der Waals surface area (Å²) in [6.07, 6.45) is 1.40. The summed E-state index contributed by atoms with van der Waals surface area (Å²) < 4.78 is 1.66. The second-order valence-corrected chi connectivity index (χ2v) is 6.32. The summed E-state index contributed by atoms with van der Waals surface area (Å²) in [6, 6.07) is 19.2. The topological polar surface area (TPSA) is 70.4 Å². The van der Waals surface area contributed by atoms with E-state index < -0.39 is 5.56 Å². The SMILES string of the molecule is C[C@@H](N=Cc1c(O)n(Cc2ccccc2)c(=S)[nH]c1=O)c1ccccc1. The van der Waals surface area contributed by atoms with Gasteiger partial charge >= 0.3 is 0 Å². The standard InChI is InChI=1S/C20H19N3O2S/c1-14(16-10-6-3-7-11-16)21-12-17-18(24)22-20(26)23(19(17)25)13-15-8-4-2-5-9-15/h2-12,14,25H,13H2,1H3,(H,22,24,26)/t14-/m1/s1. The lowest BCUT2D eigenvalue weighted by atomic mass is 10.1. The summed E-state index contributed by atoms with van der Waals surface area (Å²) in [4.78, 5) is 19.2. The van der Waals surface area contributed by atoms with E-state index in [0.29, 0.717) is 6.54 Å². The molecule has 0 aliphatic heterocycles. The van der Waals surface area contributed by atoms with Crippen molar-refractivity contribution in [3.63, 3.8) is 0 Å². The lowest BCUT2D eigenvalue weighted by molar-refractivity contribution is 0.411. The van der Waals surface area contributed by atoms with Gasteiger partial charge in [0, 0.05) is 6.21 Å². The van der Waals surface area contributed by atoms with Gasteiger partial charge in [0.05, 0.1) is 12.6 Å². The van der Waals surface area contributed by atoms with Gasteiger partial charge in [-0.2, -0.15) is 0 Å². The molecular weight excluding hydrogens is 346 g/mol. The van der Waals surface area contributed by atoms with Gasteiger partial charge < -0.3 is 5.11 Å². The van der Waals surface area contributed by atoms with Crippen LogP contribution in [0.4, 0.5) is 0 Å². The Morgan fingerprint density at radius 2 is 1.77 bits per heavy atom. The fourth-order valence-corrected chi connectivity index (χ4v) is 2.85. The van der Waals surface area contributed by atoms with Gasteiger partial charge in [0.1, 0.15) is 5.56 Å². The first-order valence-corrected chi connectivity index (χ1v) is 8.65. The molecule has 6 heteroatoms. The van der Waals surface area contributed by atoms with Crippen LogP contribution in [0.3, 0.4) is 0 Å². The first-order valence-electron chi connectivity index (χ1n) is 8.24. The van der Waals surface area contributed by atoms with E-state index >= 15 is 0 Å². The molecule has 0 amide bonds. The highest BCUT2D eigenvalue weighted by Crippen LogP contribution is 2.18. The predicted molar refractivity (Wildman–Crippen MR) is 106 cm³/mol. The van der Waals surface area contributed by atoms with E-state index in [4.69, 9.17) is 12.2 Å². The lowest BCUT2D eigenvalue weighted by Crippen LogP contribution is -2.19. The smallest absolute Gasteiger partial charge is 0.264 e. The van der Waals surface area contributed by atoms with Gasteiger partial charge in [-0.3, -0.25) is 19.3 Å².